The van der Waals surface area contributed by atoms with Crippen molar-refractivity contribution < 1.29 is 37.4 Å². The van der Waals surface area contributed by atoms with Crippen molar-refractivity contribution in [1.82, 2.24) is 53.5 Å². The van der Waals surface area contributed by atoms with Crippen LogP contribution in [0.25, 0.3) is 0 Å². The third-order valence-corrected chi connectivity index (χ3v) is 12.3. The molecule has 0 saturated carbocycles. The second kappa shape index (κ2) is 23.8. The molecule has 71 heavy (non-hydrogen) atoms. The van der Waals surface area contributed by atoms with E-state index in [0.29, 0.717) is 69.5 Å². The monoisotopic (exact) mass is 1060 g/mol. The van der Waals surface area contributed by atoms with Gasteiger partial charge in [-0.25, -0.2) is 37.9 Å². The summed E-state index contributed by atoms with van der Waals surface area (Å²) in [5.41, 5.74) is 10.8. The van der Waals surface area contributed by atoms with Gasteiger partial charge in [0.25, 0.3) is 11.8 Å². The molecule has 0 bridgehead atoms. The Morgan fingerprint density at radius 3 is 1.69 bits per heavy atom. The van der Waals surface area contributed by atoms with Crippen LogP contribution < -0.4 is 21.7 Å². The highest BCUT2D eigenvalue weighted by Crippen LogP contribution is 2.41. The minimum Gasteiger partial charge on any atom is -0.441 e. The van der Waals surface area contributed by atoms with E-state index in [-0.39, 0.29) is 50.1 Å². The van der Waals surface area contributed by atoms with Crippen molar-refractivity contribution in [2.45, 2.75) is 65.8 Å². The lowest BCUT2D eigenvalue weighted by Gasteiger charge is -2.14. The van der Waals surface area contributed by atoms with Crippen molar-refractivity contribution in [3.63, 3.8) is 0 Å². The number of ether oxygens (including phenoxy) is 2. The van der Waals surface area contributed by atoms with Crippen LogP contribution in [0.1, 0.15) is 94.7 Å². The number of aryl methyl sites for hydroxylation is 2. The Balaban J connectivity index is 0.000000209. The molecule has 5 aromatic heterocycles. The van der Waals surface area contributed by atoms with Gasteiger partial charge in [0, 0.05) is 69.1 Å². The van der Waals surface area contributed by atoms with Crippen LogP contribution in [0.3, 0.4) is 0 Å². The Labute approximate surface area is 426 Å². The first-order valence-corrected chi connectivity index (χ1v) is 22.2. The zero-order valence-electron chi connectivity index (χ0n) is 37.0. The topological polar surface area (TPSA) is 238 Å². The van der Waals surface area contributed by atoms with Gasteiger partial charge in [0.1, 0.15) is 52.3 Å². The largest absolute Gasteiger partial charge is 0.441 e. The first-order chi connectivity index (χ1) is 32.9. The van der Waals surface area contributed by atoms with Gasteiger partial charge < -0.3 is 40.3 Å². The third kappa shape index (κ3) is 12.7. The lowest BCUT2D eigenvalue weighted by molar-refractivity contribution is 0.101. The maximum atomic E-state index is 13.4. The number of halogens is 6. The number of hydrogen-bond donors (Lipinski definition) is 4. The summed E-state index contributed by atoms with van der Waals surface area (Å²) >= 11 is 24.3. The molecule has 0 fully saturated rings. The molecule has 2 aromatic carbocycles. The van der Waals surface area contributed by atoms with E-state index in [1.54, 1.807) is 48.3 Å². The van der Waals surface area contributed by atoms with Crippen LogP contribution in [0.2, 0.25) is 20.4 Å². The summed E-state index contributed by atoms with van der Waals surface area (Å²) < 4.78 is 44.2. The van der Waals surface area contributed by atoms with E-state index in [4.69, 9.17) is 61.6 Å². The molecule has 5 heterocycles. The second-order valence-corrected chi connectivity index (χ2v) is 17.0. The highest BCUT2D eigenvalue weighted by Gasteiger charge is 2.36. The number of hydrogen-bond acceptors (Lipinski definition) is 12. The molecule has 2 atom stereocenters. The van der Waals surface area contributed by atoms with E-state index in [9.17, 15) is 28.0 Å². The summed E-state index contributed by atoms with van der Waals surface area (Å²) in [5, 5.41) is 16.9. The molecule has 2 aliphatic rings. The molecule has 0 aliphatic heterocycles. The van der Waals surface area contributed by atoms with Crippen LogP contribution in [0.15, 0.2) is 67.8 Å². The van der Waals surface area contributed by atoms with Crippen molar-refractivity contribution in [1.29, 1.82) is 0 Å². The average molecular weight is 1060 g/mol. The number of aromatic nitrogens is 10. The number of fused-ring (bicyclic) bond motifs is 2. The molecule has 2 aliphatic carbocycles. The molecule has 26 heteroatoms. The highest BCUT2D eigenvalue weighted by atomic mass is 35.5. The maximum absolute atomic E-state index is 13.4. The minimum absolute atomic E-state index is 0. The number of amides is 3. The molecule has 5 N–H and O–H groups in total. The number of anilines is 2. The smallest absolute Gasteiger partial charge is 0.419 e. The molecule has 378 valence electrons. The Kier molecular flexibility index (Phi) is 18.5. The van der Waals surface area contributed by atoms with Crippen LogP contribution >= 0.6 is 46.4 Å². The molecular formula is C45H50Cl4F2N14O6. The Hall–Kier alpha value is -6.85. The summed E-state index contributed by atoms with van der Waals surface area (Å²) in [6, 6.07) is 7.39. The van der Waals surface area contributed by atoms with Gasteiger partial charge in [-0.15, -0.1) is 0 Å². The van der Waals surface area contributed by atoms with Gasteiger partial charge >= 0.3 is 12.2 Å². The third-order valence-electron chi connectivity index (χ3n) is 10.8. The Morgan fingerprint density at radius 2 is 1.21 bits per heavy atom. The minimum atomic E-state index is -0.637. The number of nitrogens with zero attached hydrogens (tertiary/aromatic N) is 10. The van der Waals surface area contributed by atoms with Gasteiger partial charge in [0.15, 0.2) is 24.9 Å². The fraction of sp³-hybridized carbons (Fsp3) is 0.311. The normalized spacial score (nSPS) is 14.0. The number of carbonyl (C=O) groups excluding carboxylic acids is 4. The molecule has 7 aromatic rings. The van der Waals surface area contributed by atoms with Gasteiger partial charge in [-0.1, -0.05) is 61.3 Å². The van der Waals surface area contributed by atoms with Crippen molar-refractivity contribution in [3.05, 3.63) is 145 Å². The van der Waals surface area contributed by atoms with Crippen LogP contribution in [0, 0.1) is 11.6 Å². The van der Waals surface area contributed by atoms with E-state index in [0.717, 1.165) is 23.1 Å². The standard InChI is InChI=1S/C20H19Cl2FN6O3.C15H14Cl2FN3O.C8H9N5O2.2CH4/c1-28-9-24-15(27-28)8-32-20(31)26-14-6-4-11-16(14)18(22)29(2)17(11)19(30)25-10-3-5-13(23)12(21)7-10;1-21-13(8-3-5-11(19)12(8)14(21)17)15(22)20-7-2-4-10(18)9(16)6-7;1-12-6-10-7(11-12)4-15-8(14)13-3-2-9-5-13;;/h3,5,7,9,14H,4,6,8H2,1-2H3,(H,25,30)(H,26,31);2,4,6,11H,3,5,19H2,1H3,(H,20,22);2-3,5-6H,4H2,1H3;2*1H4. The second-order valence-electron chi connectivity index (χ2n) is 15.5. The predicted octanol–water partition coefficient (Wildman–Crippen LogP) is 8.90. The summed E-state index contributed by atoms with van der Waals surface area (Å²) in [7, 11) is 6.84. The lowest BCUT2D eigenvalue weighted by atomic mass is 10.1. The molecule has 0 saturated heterocycles. The van der Waals surface area contributed by atoms with Crippen molar-refractivity contribution in [2.24, 2.45) is 33.9 Å². The van der Waals surface area contributed by atoms with Crippen LogP contribution in [0.4, 0.5) is 29.7 Å². The number of rotatable bonds is 9. The highest BCUT2D eigenvalue weighted by molar-refractivity contribution is 6.32. The van der Waals surface area contributed by atoms with Gasteiger partial charge in [0.2, 0.25) is 0 Å². The predicted molar refractivity (Wildman–Crippen MR) is 262 cm³/mol. The Bertz CT molecular complexity index is 3040. The summed E-state index contributed by atoms with van der Waals surface area (Å²) in [4.78, 5) is 60.7. The Morgan fingerprint density at radius 1 is 0.718 bits per heavy atom. The molecule has 2 unspecified atom stereocenters. The van der Waals surface area contributed by atoms with Crippen molar-refractivity contribution >= 4 is 81.8 Å². The summed E-state index contributed by atoms with van der Waals surface area (Å²) in [6.45, 7) is -0.0134. The van der Waals surface area contributed by atoms with Crippen LogP contribution in [-0.2, 0) is 63.7 Å². The van der Waals surface area contributed by atoms with E-state index < -0.39 is 35.8 Å². The van der Waals surface area contributed by atoms with Crippen molar-refractivity contribution in [3.8, 4) is 0 Å². The van der Waals surface area contributed by atoms with Gasteiger partial charge in [-0.05, 0) is 73.2 Å². The van der Waals surface area contributed by atoms with E-state index in [1.807, 2.05) is 0 Å². The number of imidazole rings is 1. The molecule has 0 spiro atoms. The van der Waals surface area contributed by atoms with Gasteiger partial charge in [0.05, 0.1) is 16.1 Å². The molecule has 3 amide bonds. The number of benzene rings is 2. The van der Waals surface area contributed by atoms with E-state index in [1.165, 1.54) is 70.7 Å². The fourth-order valence-electron chi connectivity index (χ4n) is 7.61. The number of nitrogens with one attached hydrogen (secondary N) is 3. The molecule has 9 rings (SSSR count). The first kappa shape index (κ1) is 55.1. The molecule has 20 nitrogen and oxygen atoms in total. The van der Waals surface area contributed by atoms with Crippen LogP contribution in [0.5, 0.6) is 0 Å². The number of carbonyl (C=O) groups is 4. The first-order valence-electron chi connectivity index (χ1n) is 20.7. The van der Waals surface area contributed by atoms with Gasteiger partial charge in [-0.2, -0.15) is 10.2 Å². The fourth-order valence-corrected chi connectivity index (χ4v) is 8.64. The summed E-state index contributed by atoms with van der Waals surface area (Å²) in [5.74, 6) is -0.996. The zero-order valence-corrected chi connectivity index (χ0v) is 40.0. The lowest BCUT2D eigenvalue weighted by Crippen LogP contribution is -2.28. The van der Waals surface area contributed by atoms with Crippen molar-refractivity contribution in [2.75, 3.05) is 10.6 Å². The molecule has 0 radical (unpaired) electrons. The average Bonchev–Trinajstić information content (AvgIpc) is 4.20. The van der Waals surface area contributed by atoms with E-state index in [2.05, 4.69) is 41.1 Å². The van der Waals surface area contributed by atoms with Gasteiger partial charge in [-0.3, -0.25) is 19.0 Å². The van der Waals surface area contributed by atoms with E-state index >= 15 is 0 Å². The maximum Gasteiger partial charge on any atom is 0.419 e. The zero-order chi connectivity index (χ0) is 49.7. The SMILES string of the molecule is C.C.Cn1c(Cl)c2c(c1C(=O)Nc1ccc(F)c(Cl)c1)CCC2N.Cn1cnc(COC(=O)NC2CCc3c2c(Cl)n(C)c3C(=O)Nc2ccc(F)c(Cl)c2)n1.Cn1cnc(COC(=O)n2ccnc2)n1. The number of alkyl carbamates (subject to hydrolysis) is 1. The van der Waals surface area contributed by atoms with Crippen LogP contribution in [-0.4, -0.2) is 72.2 Å². The summed E-state index contributed by atoms with van der Waals surface area (Å²) in [6.07, 6.45) is 8.87. The molecular weight excluding hydrogens is 1010 g/mol. The number of nitrogens with two attached hydrogens (primary N) is 1. The quantitative estimate of drug-likeness (QED) is 0.106.